The maximum Gasteiger partial charge on any atom is 0.422 e. The van der Waals surface area contributed by atoms with Crippen molar-refractivity contribution in [3.05, 3.63) is 83.4 Å². The van der Waals surface area contributed by atoms with Crippen LogP contribution in [0.1, 0.15) is 27.3 Å². The maximum atomic E-state index is 12.4. The van der Waals surface area contributed by atoms with Gasteiger partial charge in [-0.2, -0.15) is 13.2 Å². The molecule has 0 amide bonds. The van der Waals surface area contributed by atoms with Gasteiger partial charge in [-0.1, -0.05) is 48.5 Å². The average Bonchev–Trinajstić information content (AvgIpc) is 3.03. The number of para-hydroxylation sites is 1. The zero-order valence-electron chi connectivity index (χ0n) is 14.5. The largest absolute Gasteiger partial charge is 0.451 e. The van der Waals surface area contributed by atoms with Crippen LogP contribution in [0.15, 0.2) is 65.9 Å². The van der Waals surface area contributed by atoms with Crippen molar-refractivity contribution in [2.75, 3.05) is 6.61 Å². The quantitative estimate of drug-likeness (QED) is 0.642. The molecule has 3 aromatic rings. The van der Waals surface area contributed by atoms with Crippen LogP contribution in [-0.2, 0) is 11.3 Å². The molecule has 0 unspecified atom stereocenters. The molecular weight excluding hydrogens is 371 g/mol. The van der Waals surface area contributed by atoms with Crippen LogP contribution in [0.5, 0.6) is 0 Å². The number of imidazole rings is 1. The second kappa shape index (κ2) is 6.95. The van der Waals surface area contributed by atoms with Crippen LogP contribution >= 0.6 is 0 Å². The topological polar surface area (TPSA) is 56.5 Å². The van der Waals surface area contributed by atoms with Crippen molar-refractivity contribution in [1.82, 2.24) is 9.55 Å². The molecule has 2 aromatic carbocycles. The Hall–Kier alpha value is -3.42. The zero-order valence-corrected chi connectivity index (χ0v) is 14.5. The number of rotatable bonds is 3. The van der Waals surface area contributed by atoms with Crippen molar-refractivity contribution >= 4 is 11.7 Å². The summed E-state index contributed by atoms with van der Waals surface area (Å²) >= 11 is 0. The number of aromatic nitrogens is 2. The molecule has 28 heavy (non-hydrogen) atoms. The van der Waals surface area contributed by atoms with Crippen molar-refractivity contribution in [2.24, 2.45) is 4.99 Å². The lowest BCUT2D eigenvalue weighted by atomic mass is 10.0. The molecule has 8 heteroatoms. The van der Waals surface area contributed by atoms with Gasteiger partial charge in [-0.05, 0) is 6.07 Å². The first-order valence-corrected chi connectivity index (χ1v) is 8.44. The third-order valence-electron chi connectivity index (χ3n) is 4.28. The lowest BCUT2D eigenvalue weighted by Crippen LogP contribution is -2.21. The van der Waals surface area contributed by atoms with Gasteiger partial charge in [-0.25, -0.2) is 9.78 Å². The summed E-state index contributed by atoms with van der Waals surface area (Å²) in [5.74, 6) is -1.12. The van der Waals surface area contributed by atoms with Crippen molar-refractivity contribution in [2.45, 2.75) is 12.7 Å². The number of aliphatic imine (C=N–C) groups is 1. The standard InChI is InChI=1S/C20H14F3N3O2/c21-20(22,23)11-28-19(27)18-16-10-24-17(13-6-2-1-3-7-13)14-8-4-5-9-15(14)26(16)12-25-18/h1-9,12H,10-11H2. The molecule has 1 aliphatic rings. The number of carbonyl (C=O) groups is 1. The van der Waals surface area contributed by atoms with Crippen LogP contribution in [-0.4, -0.2) is 34.0 Å². The number of benzene rings is 2. The van der Waals surface area contributed by atoms with Crippen LogP contribution in [0.4, 0.5) is 13.2 Å². The summed E-state index contributed by atoms with van der Waals surface area (Å²) in [6.07, 6.45) is -3.20. The Morgan fingerprint density at radius 2 is 1.79 bits per heavy atom. The average molecular weight is 385 g/mol. The molecular formula is C20H14F3N3O2. The fourth-order valence-corrected chi connectivity index (χ4v) is 3.08. The molecule has 0 spiro atoms. The summed E-state index contributed by atoms with van der Waals surface area (Å²) < 4.78 is 43.2. The Bertz CT molecular complexity index is 1060. The predicted molar refractivity (Wildman–Crippen MR) is 95.7 cm³/mol. The van der Waals surface area contributed by atoms with E-state index < -0.39 is 18.8 Å². The highest BCUT2D eigenvalue weighted by Gasteiger charge is 2.32. The zero-order chi connectivity index (χ0) is 19.7. The third-order valence-corrected chi connectivity index (χ3v) is 4.28. The van der Waals surface area contributed by atoms with E-state index in [1.54, 1.807) is 4.57 Å². The molecule has 0 saturated heterocycles. The fraction of sp³-hybridized carbons (Fsp3) is 0.150. The highest BCUT2D eigenvalue weighted by Crippen LogP contribution is 2.27. The number of carbonyl (C=O) groups excluding carboxylic acids is 1. The van der Waals surface area contributed by atoms with E-state index in [4.69, 9.17) is 0 Å². The van der Waals surface area contributed by atoms with E-state index in [-0.39, 0.29) is 12.2 Å². The number of hydrogen-bond acceptors (Lipinski definition) is 4. The molecule has 142 valence electrons. The minimum atomic E-state index is -4.60. The van der Waals surface area contributed by atoms with Gasteiger partial charge in [0, 0.05) is 11.1 Å². The number of esters is 1. The molecule has 0 saturated carbocycles. The van der Waals surface area contributed by atoms with Gasteiger partial charge in [-0.15, -0.1) is 0 Å². The van der Waals surface area contributed by atoms with Gasteiger partial charge in [-0.3, -0.25) is 9.56 Å². The predicted octanol–water partition coefficient (Wildman–Crippen LogP) is 3.94. The molecule has 0 bridgehead atoms. The van der Waals surface area contributed by atoms with Crippen molar-refractivity contribution in [3.8, 4) is 5.69 Å². The Kier molecular flexibility index (Phi) is 4.46. The molecule has 1 aromatic heterocycles. The van der Waals surface area contributed by atoms with E-state index in [0.29, 0.717) is 5.69 Å². The van der Waals surface area contributed by atoms with Crippen LogP contribution in [0.25, 0.3) is 5.69 Å². The molecule has 1 aliphatic heterocycles. The van der Waals surface area contributed by atoms with Gasteiger partial charge >= 0.3 is 12.1 Å². The van der Waals surface area contributed by atoms with Crippen LogP contribution < -0.4 is 0 Å². The molecule has 0 N–H and O–H groups in total. The van der Waals surface area contributed by atoms with Crippen molar-refractivity contribution in [1.29, 1.82) is 0 Å². The highest BCUT2D eigenvalue weighted by atomic mass is 19.4. The normalized spacial score (nSPS) is 13.2. The van der Waals surface area contributed by atoms with Crippen LogP contribution in [0.2, 0.25) is 0 Å². The smallest absolute Gasteiger partial charge is 0.422 e. The van der Waals surface area contributed by atoms with Gasteiger partial charge in [0.25, 0.3) is 0 Å². The number of nitrogens with zero attached hydrogens (tertiary/aromatic N) is 3. The Balaban J connectivity index is 1.77. The van der Waals surface area contributed by atoms with Gasteiger partial charge in [0.1, 0.15) is 6.33 Å². The number of fused-ring (bicyclic) bond motifs is 3. The first kappa shape index (κ1) is 18.0. The molecule has 2 heterocycles. The van der Waals surface area contributed by atoms with Gasteiger partial charge in [0.05, 0.1) is 23.6 Å². The van der Waals surface area contributed by atoms with E-state index in [9.17, 15) is 18.0 Å². The summed E-state index contributed by atoms with van der Waals surface area (Å²) in [7, 11) is 0. The fourth-order valence-electron chi connectivity index (χ4n) is 3.08. The Labute approximate surface area is 158 Å². The number of alkyl halides is 3. The maximum absolute atomic E-state index is 12.4. The second-order valence-corrected chi connectivity index (χ2v) is 6.15. The summed E-state index contributed by atoms with van der Waals surface area (Å²) in [4.78, 5) is 20.8. The molecule has 0 aliphatic carbocycles. The van der Waals surface area contributed by atoms with Crippen LogP contribution in [0.3, 0.4) is 0 Å². The lowest BCUT2D eigenvalue weighted by molar-refractivity contribution is -0.161. The summed E-state index contributed by atoms with van der Waals surface area (Å²) in [6, 6.07) is 17.0. The van der Waals surface area contributed by atoms with Gasteiger partial charge in [0.15, 0.2) is 12.3 Å². The second-order valence-electron chi connectivity index (χ2n) is 6.15. The van der Waals surface area contributed by atoms with E-state index in [2.05, 4.69) is 14.7 Å². The first-order chi connectivity index (χ1) is 13.4. The number of hydrogen-bond donors (Lipinski definition) is 0. The SMILES string of the molecule is O=C(OCC(F)(F)F)c1ncn2c1CN=C(c1ccccc1)c1ccccc1-2. The number of halogens is 3. The summed E-state index contributed by atoms with van der Waals surface area (Å²) in [5, 5.41) is 0. The molecule has 4 rings (SSSR count). The third kappa shape index (κ3) is 3.40. The Morgan fingerprint density at radius 1 is 1.07 bits per heavy atom. The molecule has 0 radical (unpaired) electrons. The van der Waals surface area contributed by atoms with Crippen molar-refractivity contribution in [3.63, 3.8) is 0 Å². The van der Waals surface area contributed by atoms with Crippen LogP contribution in [0, 0.1) is 0 Å². The van der Waals surface area contributed by atoms with E-state index >= 15 is 0 Å². The molecule has 5 nitrogen and oxygen atoms in total. The monoisotopic (exact) mass is 385 g/mol. The summed E-state index contributed by atoms with van der Waals surface area (Å²) in [6.45, 7) is -1.58. The van der Waals surface area contributed by atoms with Gasteiger partial charge in [0.2, 0.25) is 0 Å². The molecule has 0 atom stereocenters. The lowest BCUT2D eigenvalue weighted by Gasteiger charge is -2.11. The molecule has 0 fully saturated rings. The van der Waals surface area contributed by atoms with Gasteiger partial charge < -0.3 is 4.74 Å². The highest BCUT2D eigenvalue weighted by molar-refractivity contribution is 6.15. The Morgan fingerprint density at radius 3 is 2.54 bits per heavy atom. The number of ether oxygens (including phenoxy) is 1. The van der Waals surface area contributed by atoms with E-state index in [1.807, 2.05) is 54.6 Å². The first-order valence-electron chi connectivity index (χ1n) is 8.44. The van der Waals surface area contributed by atoms with E-state index in [0.717, 1.165) is 22.5 Å². The van der Waals surface area contributed by atoms with E-state index in [1.165, 1.54) is 6.33 Å². The van der Waals surface area contributed by atoms with Crippen molar-refractivity contribution < 1.29 is 22.7 Å². The minimum absolute atomic E-state index is 0.0787. The summed E-state index contributed by atoms with van der Waals surface area (Å²) in [5.41, 5.74) is 3.41. The minimum Gasteiger partial charge on any atom is -0.451 e.